The van der Waals surface area contributed by atoms with Crippen molar-refractivity contribution in [3.8, 4) is 17.1 Å². The molecule has 2 aromatic carbocycles. The quantitative estimate of drug-likeness (QED) is 0.684. The average molecular weight is 283 g/mol. The van der Waals surface area contributed by atoms with Crippen molar-refractivity contribution in [1.29, 1.82) is 0 Å². The van der Waals surface area contributed by atoms with Crippen molar-refractivity contribution in [2.45, 2.75) is 6.10 Å². The number of halogens is 1. The first-order chi connectivity index (χ1) is 9.75. The van der Waals surface area contributed by atoms with Crippen molar-refractivity contribution < 1.29 is 5.11 Å². The summed E-state index contributed by atoms with van der Waals surface area (Å²) in [6.07, 6.45) is 2.97. The van der Waals surface area contributed by atoms with Crippen molar-refractivity contribution in [3.63, 3.8) is 0 Å². The molecule has 1 aliphatic heterocycles. The summed E-state index contributed by atoms with van der Waals surface area (Å²) in [6, 6.07) is 13.3. The number of benzene rings is 2. The SMILES string of the molecule is OC1c2ccccc2-c2nccn2-c2cc(Cl)ccc21. The predicted octanol–water partition coefficient (Wildman–Crippen LogP) is 3.59. The summed E-state index contributed by atoms with van der Waals surface area (Å²) in [5.74, 6) is 0.820. The molecule has 0 spiro atoms. The number of aromatic nitrogens is 2. The monoisotopic (exact) mass is 282 g/mol. The Kier molecular flexibility index (Phi) is 2.46. The maximum Gasteiger partial charge on any atom is 0.144 e. The molecule has 20 heavy (non-hydrogen) atoms. The van der Waals surface area contributed by atoms with Crippen LogP contribution in [0.15, 0.2) is 54.9 Å². The van der Waals surface area contributed by atoms with Crippen LogP contribution in [0.2, 0.25) is 5.02 Å². The van der Waals surface area contributed by atoms with Crippen LogP contribution in [0.1, 0.15) is 17.2 Å². The summed E-state index contributed by atoms with van der Waals surface area (Å²) in [7, 11) is 0. The number of fused-ring (bicyclic) bond motifs is 5. The molecule has 3 nitrogen and oxygen atoms in total. The Labute approximate surface area is 121 Å². The lowest BCUT2D eigenvalue weighted by Gasteiger charge is -2.14. The Morgan fingerprint density at radius 3 is 2.85 bits per heavy atom. The van der Waals surface area contributed by atoms with E-state index in [4.69, 9.17) is 11.6 Å². The van der Waals surface area contributed by atoms with Gasteiger partial charge in [0.1, 0.15) is 11.9 Å². The smallest absolute Gasteiger partial charge is 0.144 e. The number of hydrogen-bond donors (Lipinski definition) is 1. The van der Waals surface area contributed by atoms with Gasteiger partial charge in [-0.05, 0) is 17.7 Å². The molecule has 0 bridgehead atoms. The third kappa shape index (κ3) is 1.54. The second-order valence-corrected chi connectivity index (χ2v) is 5.25. The van der Waals surface area contributed by atoms with Crippen LogP contribution >= 0.6 is 11.6 Å². The third-order valence-electron chi connectivity index (χ3n) is 3.68. The first-order valence-corrected chi connectivity index (χ1v) is 6.74. The predicted molar refractivity (Wildman–Crippen MR) is 78.1 cm³/mol. The van der Waals surface area contributed by atoms with E-state index in [1.54, 1.807) is 12.3 Å². The van der Waals surface area contributed by atoms with E-state index >= 15 is 0 Å². The van der Waals surface area contributed by atoms with Crippen molar-refractivity contribution in [1.82, 2.24) is 9.55 Å². The number of nitrogens with zero attached hydrogens (tertiary/aromatic N) is 2. The Morgan fingerprint density at radius 1 is 1.10 bits per heavy atom. The Morgan fingerprint density at radius 2 is 1.95 bits per heavy atom. The van der Waals surface area contributed by atoms with Crippen molar-refractivity contribution >= 4 is 11.6 Å². The maximum absolute atomic E-state index is 10.7. The molecule has 0 aliphatic carbocycles. The summed E-state index contributed by atoms with van der Waals surface area (Å²) in [4.78, 5) is 4.43. The molecule has 4 rings (SSSR count). The molecule has 1 N–H and O–H groups in total. The lowest BCUT2D eigenvalue weighted by molar-refractivity contribution is 0.221. The van der Waals surface area contributed by atoms with Gasteiger partial charge in [0.15, 0.2) is 0 Å². The molecule has 0 saturated heterocycles. The molecule has 0 fully saturated rings. The first-order valence-electron chi connectivity index (χ1n) is 6.36. The second-order valence-electron chi connectivity index (χ2n) is 4.81. The van der Waals surface area contributed by atoms with Crippen LogP contribution < -0.4 is 0 Å². The maximum atomic E-state index is 10.7. The molecule has 1 aliphatic rings. The van der Waals surface area contributed by atoms with Crippen LogP contribution in [0.25, 0.3) is 17.1 Å². The summed E-state index contributed by atoms with van der Waals surface area (Å²) >= 11 is 6.11. The molecule has 98 valence electrons. The largest absolute Gasteiger partial charge is 0.384 e. The van der Waals surface area contributed by atoms with Gasteiger partial charge in [-0.1, -0.05) is 41.9 Å². The normalized spacial score (nSPS) is 16.0. The molecule has 3 aromatic rings. The van der Waals surface area contributed by atoms with Crippen molar-refractivity contribution in [2.75, 3.05) is 0 Å². The van der Waals surface area contributed by atoms with Gasteiger partial charge < -0.3 is 5.11 Å². The van der Waals surface area contributed by atoms with E-state index in [2.05, 4.69) is 4.98 Å². The number of hydrogen-bond acceptors (Lipinski definition) is 2. The van der Waals surface area contributed by atoms with Crippen LogP contribution in [-0.4, -0.2) is 14.7 Å². The topological polar surface area (TPSA) is 38.1 Å². The summed E-state index contributed by atoms with van der Waals surface area (Å²) in [5, 5.41) is 11.3. The zero-order valence-corrected chi connectivity index (χ0v) is 11.2. The zero-order valence-electron chi connectivity index (χ0n) is 10.5. The summed E-state index contributed by atoms with van der Waals surface area (Å²) < 4.78 is 1.97. The van der Waals surface area contributed by atoms with E-state index < -0.39 is 6.10 Å². The molecule has 0 saturated carbocycles. The van der Waals surface area contributed by atoms with Crippen LogP contribution in [0.5, 0.6) is 0 Å². The fraction of sp³-hybridized carbons (Fsp3) is 0.0625. The van der Waals surface area contributed by atoms with Crippen LogP contribution in [0, 0.1) is 0 Å². The summed E-state index contributed by atoms with van der Waals surface area (Å²) in [6.45, 7) is 0. The number of imidazole rings is 1. The fourth-order valence-corrected chi connectivity index (χ4v) is 2.93. The Bertz CT molecular complexity index is 810. The van der Waals surface area contributed by atoms with Gasteiger partial charge in [0.25, 0.3) is 0 Å². The van der Waals surface area contributed by atoms with E-state index in [-0.39, 0.29) is 0 Å². The number of aliphatic hydroxyl groups is 1. The fourth-order valence-electron chi connectivity index (χ4n) is 2.76. The molecule has 4 heteroatoms. The molecule has 1 aromatic heterocycles. The van der Waals surface area contributed by atoms with Gasteiger partial charge in [0.05, 0.1) is 5.69 Å². The van der Waals surface area contributed by atoms with Crippen LogP contribution in [0.3, 0.4) is 0 Å². The van der Waals surface area contributed by atoms with E-state index in [0.717, 1.165) is 28.2 Å². The van der Waals surface area contributed by atoms with Gasteiger partial charge in [0.2, 0.25) is 0 Å². The van der Waals surface area contributed by atoms with E-state index in [0.29, 0.717) is 5.02 Å². The highest BCUT2D eigenvalue weighted by molar-refractivity contribution is 6.30. The molecule has 0 radical (unpaired) electrons. The molecule has 1 unspecified atom stereocenters. The van der Waals surface area contributed by atoms with Crippen LogP contribution in [-0.2, 0) is 0 Å². The van der Waals surface area contributed by atoms with Gasteiger partial charge in [0, 0.05) is 28.5 Å². The molecular formula is C16H11ClN2O. The molecular weight excluding hydrogens is 272 g/mol. The Hall–Kier alpha value is -2.10. The third-order valence-corrected chi connectivity index (χ3v) is 3.92. The molecule has 1 atom stereocenters. The number of aliphatic hydroxyl groups excluding tert-OH is 1. The zero-order chi connectivity index (χ0) is 13.7. The van der Waals surface area contributed by atoms with Gasteiger partial charge in [-0.3, -0.25) is 4.57 Å². The van der Waals surface area contributed by atoms with Crippen molar-refractivity contribution in [2.24, 2.45) is 0 Å². The minimum Gasteiger partial charge on any atom is -0.384 e. The standard InChI is InChI=1S/C16H11ClN2O/c17-10-5-6-13-14(9-10)19-8-7-18-16(19)12-4-2-1-3-11(12)15(13)20/h1-9,15,20H. The van der Waals surface area contributed by atoms with Gasteiger partial charge in [-0.25, -0.2) is 4.98 Å². The highest BCUT2D eigenvalue weighted by Gasteiger charge is 2.25. The lowest BCUT2D eigenvalue weighted by Crippen LogP contribution is -2.02. The number of rotatable bonds is 0. The van der Waals surface area contributed by atoms with Gasteiger partial charge >= 0.3 is 0 Å². The van der Waals surface area contributed by atoms with E-state index in [1.165, 1.54) is 0 Å². The second kappa shape index (κ2) is 4.20. The Balaban J connectivity index is 2.14. The lowest BCUT2D eigenvalue weighted by atomic mass is 9.97. The van der Waals surface area contributed by atoms with Crippen LogP contribution in [0.4, 0.5) is 0 Å². The molecule has 0 amide bonds. The summed E-state index contributed by atoms with van der Waals surface area (Å²) in [5.41, 5.74) is 3.51. The highest BCUT2D eigenvalue weighted by atomic mass is 35.5. The van der Waals surface area contributed by atoms with E-state index in [1.807, 2.05) is 47.2 Å². The average Bonchev–Trinajstić information content (AvgIpc) is 2.92. The van der Waals surface area contributed by atoms with Gasteiger partial charge in [-0.15, -0.1) is 0 Å². The highest BCUT2D eigenvalue weighted by Crippen LogP contribution is 2.39. The molecule has 2 heterocycles. The van der Waals surface area contributed by atoms with Gasteiger partial charge in [-0.2, -0.15) is 0 Å². The van der Waals surface area contributed by atoms with E-state index in [9.17, 15) is 5.11 Å². The minimum atomic E-state index is -0.680. The minimum absolute atomic E-state index is 0.640. The van der Waals surface area contributed by atoms with Crippen molar-refractivity contribution in [3.05, 3.63) is 71.0 Å². The first kappa shape index (κ1) is 11.7.